The molecule has 0 aliphatic carbocycles. The summed E-state index contributed by atoms with van der Waals surface area (Å²) in [7, 11) is 0. The van der Waals surface area contributed by atoms with E-state index in [-0.39, 0.29) is 24.1 Å². The van der Waals surface area contributed by atoms with Gasteiger partial charge in [0, 0.05) is 43.5 Å². The Morgan fingerprint density at radius 3 is 2.38 bits per heavy atom. The van der Waals surface area contributed by atoms with Crippen molar-refractivity contribution in [2.45, 2.75) is 19.4 Å². The van der Waals surface area contributed by atoms with Gasteiger partial charge in [-0.25, -0.2) is 9.07 Å². The number of rotatable bonds is 4. The van der Waals surface area contributed by atoms with Crippen molar-refractivity contribution in [3.63, 3.8) is 0 Å². The molecule has 2 aromatic carbocycles. The molecule has 8 nitrogen and oxygen atoms in total. The molecule has 176 valence electrons. The number of ether oxygens (including phenoxy) is 2. The topological polar surface area (TPSA) is 76.9 Å². The van der Waals surface area contributed by atoms with E-state index in [1.807, 2.05) is 12.1 Å². The Morgan fingerprint density at radius 2 is 1.65 bits per heavy atom. The quantitative estimate of drug-likeness (QED) is 0.591. The van der Waals surface area contributed by atoms with Crippen molar-refractivity contribution in [3.8, 4) is 22.8 Å². The molecule has 0 saturated carbocycles. The molecule has 2 aliphatic heterocycles. The van der Waals surface area contributed by atoms with Crippen LogP contribution in [-0.4, -0.2) is 53.6 Å². The van der Waals surface area contributed by atoms with Gasteiger partial charge in [-0.3, -0.25) is 9.59 Å². The minimum absolute atomic E-state index is 0.168. The Kier molecular flexibility index (Phi) is 5.47. The van der Waals surface area contributed by atoms with Crippen molar-refractivity contribution in [2.75, 3.05) is 37.9 Å². The molecule has 1 aromatic heterocycles. The molecule has 2 aliphatic rings. The van der Waals surface area contributed by atoms with Gasteiger partial charge in [-0.1, -0.05) is 0 Å². The van der Waals surface area contributed by atoms with Gasteiger partial charge in [-0.15, -0.1) is 0 Å². The summed E-state index contributed by atoms with van der Waals surface area (Å²) >= 11 is 0. The van der Waals surface area contributed by atoms with E-state index in [1.165, 1.54) is 22.9 Å². The molecule has 3 aromatic rings. The molecular formula is C25H25FN4O4. The Balaban J connectivity index is 1.35. The number of fused-ring (bicyclic) bond motifs is 1. The monoisotopic (exact) mass is 464 g/mol. The fraction of sp³-hybridized carbons (Fsp3) is 0.320. The number of piperazine rings is 1. The maximum atomic E-state index is 13.5. The lowest BCUT2D eigenvalue weighted by molar-refractivity contribution is -0.140. The lowest BCUT2D eigenvalue weighted by atomic mass is 10.0. The standard InChI is InChI=1S/C25H25FN4O4/c1-25(2,24(32)29-13-11-28(12-14-29)19-6-4-18(26)5-7-19)30-23(31)10-8-20(27-30)17-3-9-21-22(15-17)34-16-33-21/h3-10,15H,11-14,16H2,1-2H3. The van der Waals surface area contributed by atoms with E-state index < -0.39 is 5.54 Å². The minimum Gasteiger partial charge on any atom is -0.454 e. The number of anilines is 1. The van der Waals surface area contributed by atoms with Gasteiger partial charge in [0.25, 0.3) is 5.56 Å². The van der Waals surface area contributed by atoms with Crippen molar-refractivity contribution in [1.82, 2.24) is 14.7 Å². The van der Waals surface area contributed by atoms with Gasteiger partial charge in [0.1, 0.15) is 11.4 Å². The second kappa shape index (κ2) is 8.48. The summed E-state index contributed by atoms with van der Waals surface area (Å²) < 4.78 is 25.3. The summed E-state index contributed by atoms with van der Waals surface area (Å²) in [5, 5.41) is 4.54. The number of carbonyl (C=O) groups excluding carboxylic acids is 1. The third-order valence-electron chi connectivity index (χ3n) is 6.28. The van der Waals surface area contributed by atoms with E-state index >= 15 is 0 Å². The number of halogens is 1. The molecular weight excluding hydrogens is 439 g/mol. The van der Waals surface area contributed by atoms with Crippen LogP contribution in [0.3, 0.4) is 0 Å². The fourth-order valence-corrected chi connectivity index (χ4v) is 4.32. The predicted molar refractivity (Wildman–Crippen MR) is 125 cm³/mol. The van der Waals surface area contributed by atoms with Crippen molar-refractivity contribution in [3.05, 3.63) is 70.8 Å². The van der Waals surface area contributed by atoms with Crippen LogP contribution in [0.2, 0.25) is 0 Å². The summed E-state index contributed by atoms with van der Waals surface area (Å²) in [6.45, 7) is 5.81. The summed E-state index contributed by atoms with van der Waals surface area (Å²) in [4.78, 5) is 30.1. The normalized spacial score (nSPS) is 15.5. The molecule has 1 saturated heterocycles. The summed E-state index contributed by atoms with van der Waals surface area (Å²) in [6.07, 6.45) is 0. The van der Waals surface area contributed by atoms with Gasteiger partial charge < -0.3 is 19.3 Å². The van der Waals surface area contributed by atoms with Crippen molar-refractivity contribution >= 4 is 11.6 Å². The Bertz CT molecular complexity index is 1280. The number of aromatic nitrogens is 2. The molecule has 0 radical (unpaired) electrons. The molecule has 0 unspecified atom stereocenters. The zero-order chi connectivity index (χ0) is 23.9. The largest absolute Gasteiger partial charge is 0.454 e. The van der Waals surface area contributed by atoms with Gasteiger partial charge in [-0.2, -0.15) is 5.10 Å². The van der Waals surface area contributed by atoms with Crippen LogP contribution in [0.25, 0.3) is 11.3 Å². The SMILES string of the molecule is CC(C)(C(=O)N1CCN(c2ccc(F)cc2)CC1)n1nc(-c2ccc3c(c2)OCO3)ccc1=O. The lowest BCUT2D eigenvalue weighted by Crippen LogP contribution is -2.56. The molecule has 9 heteroatoms. The minimum atomic E-state index is -1.18. The van der Waals surface area contributed by atoms with Crippen molar-refractivity contribution in [1.29, 1.82) is 0 Å². The number of nitrogens with zero attached hydrogens (tertiary/aromatic N) is 4. The molecule has 5 rings (SSSR count). The van der Waals surface area contributed by atoms with E-state index in [1.54, 1.807) is 43.0 Å². The Hall–Kier alpha value is -3.88. The second-order valence-electron chi connectivity index (χ2n) is 8.85. The smallest absolute Gasteiger partial charge is 0.267 e. The van der Waals surface area contributed by atoms with E-state index in [0.29, 0.717) is 43.4 Å². The average molecular weight is 464 g/mol. The van der Waals surface area contributed by atoms with Crippen LogP contribution in [0.15, 0.2) is 59.4 Å². The summed E-state index contributed by atoms with van der Waals surface area (Å²) in [5.41, 5.74) is 0.700. The Labute approximate surface area is 196 Å². The zero-order valence-corrected chi connectivity index (χ0v) is 19.0. The number of carbonyl (C=O) groups is 1. The van der Waals surface area contributed by atoms with E-state index in [4.69, 9.17) is 9.47 Å². The van der Waals surface area contributed by atoms with Gasteiger partial charge in [0.2, 0.25) is 12.7 Å². The molecule has 3 heterocycles. The first kappa shape index (κ1) is 21.9. The van der Waals surface area contributed by atoms with Gasteiger partial charge in [-0.05, 0) is 62.4 Å². The maximum Gasteiger partial charge on any atom is 0.267 e. The molecule has 0 bridgehead atoms. The maximum absolute atomic E-state index is 13.5. The van der Waals surface area contributed by atoms with Crippen LogP contribution >= 0.6 is 0 Å². The molecule has 0 atom stereocenters. The third-order valence-corrected chi connectivity index (χ3v) is 6.28. The number of hydrogen-bond donors (Lipinski definition) is 0. The molecule has 1 fully saturated rings. The Morgan fingerprint density at radius 1 is 0.941 bits per heavy atom. The fourth-order valence-electron chi connectivity index (χ4n) is 4.32. The molecule has 0 spiro atoms. The van der Waals surface area contributed by atoms with Gasteiger partial charge in [0.05, 0.1) is 5.69 Å². The van der Waals surface area contributed by atoms with Crippen LogP contribution < -0.4 is 19.9 Å². The highest BCUT2D eigenvalue weighted by atomic mass is 19.1. The van der Waals surface area contributed by atoms with E-state index in [0.717, 1.165) is 11.3 Å². The van der Waals surface area contributed by atoms with Crippen molar-refractivity contribution in [2.24, 2.45) is 0 Å². The number of hydrogen-bond acceptors (Lipinski definition) is 6. The molecule has 34 heavy (non-hydrogen) atoms. The van der Waals surface area contributed by atoms with Gasteiger partial charge >= 0.3 is 0 Å². The predicted octanol–water partition coefficient (Wildman–Crippen LogP) is 2.86. The van der Waals surface area contributed by atoms with Crippen LogP contribution in [0.4, 0.5) is 10.1 Å². The first-order valence-corrected chi connectivity index (χ1v) is 11.1. The van der Waals surface area contributed by atoms with Crippen LogP contribution in [-0.2, 0) is 10.3 Å². The first-order valence-electron chi connectivity index (χ1n) is 11.1. The highest BCUT2D eigenvalue weighted by Crippen LogP contribution is 2.35. The summed E-state index contributed by atoms with van der Waals surface area (Å²) in [6, 6.07) is 14.8. The molecule has 1 amide bonds. The zero-order valence-electron chi connectivity index (χ0n) is 19.0. The number of amides is 1. The average Bonchev–Trinajstić information content (AvgIpc) is 3.32. The lowest BCUT2D eigenvalue weighted by Gasteiger charge is -2.39. The number of benzene rings is 2. The van der Waals surface area contributed by atoms with E-state index in [2.05, 4.69) is 10.00 Å². The second-order valence-corrected chi connectivity index (χ2v) is 8.85. The van der Waals surface area contributed by atoms with Crippen molar-refractivity contribution < 1.29 is 18.7 Å². The first-order chi connectivity index (χ1) is 16.3. The van der Waals surface area contributed by atoms with Crippen LogP contribution in [0.5, 0.6) is 11.5 Å². The molecule has 0 N–H and O–H groups in total. The highest BCUT2D eigenvalue weighted by molar-refractivity contribution is 5.84. The van der Waals surface area contributed by atoms with Gasteiger partial charge in [0.15, 0.2) is 11.5 Å². The third kappa shape index (κ3) is 3.98. The highest BCUT2D eigenvalue weighted by Gasteiger charge is 2.37. The summed E-state index contributed by atoms with van der Waals surface area (Å²) in [5.74, 6) is 0.822. The van der Waals surface area contributed by atoms with Crippen LogP contribution in [0.1, 0.15) is 13.8 Å². The van der Waals surface area contributed by atoms with Crippen LogP contribution in [0, 0.1) is 5.82 Å². The van der Waals surface area contributed by atoms with E-state index in [9.17, 15) is 14.0 Å².